The van der Waals surface area contributed by atoms with E-state index in [1.807, 2.05) is 21.1 Å². The van der Waals surface area contributed by atoms with Gasteiger partial charge in [0.15, 0.2) is 12.1 Å². The van der Waals surface area contributed by atoms with Gasteiger partial charge in [0, 0.05) is 19.3 Å². The van der Waals surface area contributed by atoms with Crippen LogP contribution in [0, 0.1) is 0 Å². The number of carbonyl (C=O) groups excluding carboxylic acids is 2. The van der Waals surface area contributed by atoms with E-state index in [2.05, 4.69) is 62.5 Å². The molecule has 0 amide bonds. The highest BCUT2D eigenvalue weighted by Crippen LogP contribution is 2.15. The molecule has 0 saturated carbocycles. The molecule has 0 aliphatic rings. The lowest BCUT2D eigenvalue weighted by molar-refractivity contribution is -0.887. The SMILES string of the molecule is CC/C=C/C/C=C/CCCCCCCCCCCCCCCCC(=O)OCC(COCCC(C(=O)O)[N+](C)(C)C)OC(=O)CCCCCCC/C=C/C/C=C/CC. The minimum absolute atomic E-state index is 0.0556. The third kappa shape index (κ3) is 38.6. The van der Waals surface area contributed by atoms with E-state index in [9.17, 15) is 19.5 Å². The Bertz CT molecular complexity index is 1070. The van der Waals surface area contributed by atoms with Crippen LogP contribution in [0.4, 0.5) is 0 Å². The minimum atomic E-state index is -0.878. The van der Waals surface area contributed by atoms with Gasteiger partial charge < -0.3 is 23.8 Å². The summed E-state index contributed by atoms with van der Waals surface area (Å²) >= 11 is 0. The van der Waals surface area contributed by atoms with Crippen molar-refractivity contribution < 1.29 is 38.2 Å². The van der Waals surface area contributed by atoms with Crippen LogP contribution in [0.2, 0.25) is 0 Å². The Morgan fingerprint density at radius 2 is 0.930 bits per heavy atom. The van der Waals surface area contributed by atoms with Gasteiger partial charge in [-0.2, -0.15) is 0 Å². The van der Waals surface area contributed by atoms with E-state index in [1.54, 1.807) is 0 Å². The Morgan fingerprint density at radius 3 is 1.35 bits per heavy atom. The first-order valence-corrected chi connectivity index (χ1v) is 23.2. The zero-order chi connectivity index (χ0) is 42.1. The Hall–Kier alpha value is -2.71. The number of carboxylic acids is 1. The van der Waals surface area contributed by atoms with Crippen molar-refractivity contribution in [3.05, 3.63) is 48.6 Å². The summed E-state index contributed by atoms with van der Waals surface area (Å²) in [7, 11) is 5.52. The maximum Gasteiger partial charge on any atom is 0.362 e. The second-order valence-corrected chi connectivity index (χ2v) is 16.6. The van der Waals surface area contributed by atoms with Crippen LogP contribution in [0.1, 0.15) is 194 Å². The first kappa shape index (κ1) is 54.3. The quantitative estimate of drug-likeness (QED) is 0.0284. The van der Waals surface area contributed by atoms with E-state index in [0.717, 1.165) is 83.5 Å². The molecule has 2 atom stereocenters. The number of ether oxygens (including phenoxy) is 3. The predicted octanol–water partition coefficient (Wildman–Crippen LogP) is 12.8. The predicted molar refractivity (Wildman–Crippen MR) is 238 cm³/mol. The van der Waals surface area contributed by atoms with Crippen LogP contribution in [0.15, 0.2) is 48.6 Å². The van der Waals surface area contributed by atoms with E-state index in [1.165, 1.54) is 77.0 Å². The number of esters is 2. The lowest BCUT2D eigenvalue weighted by atomic mass is 10.0. The van der Waals surface area contributed by atoms with E-state index < -0.39 is 18.1 Å². The second-order valence-electron chi connectivity index (χ2n) is 16.6. The molecule has 0 heterocycles. The van der Waals surface area contributed by atoms with Crippen LogP contribution in [-0.4, -0.2) is 80.6 Å². The monoisotopic (exact) mass is 803 g/mol. The van der Waals surface area contributed by atoms with Crippen molar-refractivity contribution >= 4 is 17.9 Å². The molecular formula is C49H88NO7+. The maximum atomic E-state index is 12.7. The summed E-state index contributed by atoms with van der Waals surface area (Å²) in [6.45, 7) is 4.52. The maximum absolute atomic E-state index is 12.7. The van der Waals surface area contributed by atoms with Crippen molar-refractivity contribution in [1.29, 1.82) is 0 Å². The van der Waals surface area contributed by atoms with E-state index in [4.69, 9.17) is 14.2 Å². The minimum Gasteiger partial charge on any atom is -0.477 e. The standard InChI is InChI=1S/C49H87NO7/c1-6-8-10-12-14-16-18-20-21-22-23-24-25-26-27-28-30-31-33-35-37-39-47(51)56-44-45(43-55-42-41-46(49(53)54)50(3,4)5)57-48(52)40-38-36-34-32-29-19-17-15-13-11-9-7-2/h8-11,14-17,45-46H,6-7,12-13,18-44H2,1-5H3/p+1/b10-8+,11-9+,16-14+,17-15+. The van der Waals surface area contributed by atoms with Crippen molar-refractivity contribution in [3.63, 3.8) is 0 Å². The van der Waals surface area contributed by atoms with Crippen LogP contribution in [-0.2, 0) is 28.6 Å². The topological polar surface area (TPSA) is 99.1 Å². The van der Waals surface area contributed by atoms with Crippen molar-refractivity contribution in [2.45, 2.75) is 206 Å². The van der Waals surface area contributed by atoms with Gasteiger partial charge in [-0.3, -0.25) is 9.59 Å². The zero-order valence-corrected chi connectivity index (χ0v) is 37.5. The summed E-state index contributed by atoms with van der Waals surface area (Å²) < 4.78 is 17.3. The van der Waals surface area contributed by atoms with Crippen molar-refractivity contribution in [2.24, 2.45) is 0 Å². The highest BCUT2D eigenvalue weighted by atomic mass is 16.6. The third-order valence-corrected chi connectivity index (χ3v) is 10.2. The molecule has 0 aromatic carbocycles. The summed E-state index contributed by atoms with van der Waals surface area (Å²) in [4.78, 5) is 37.0. The summed E-state index contributed by atoms with van der Waals surface area (Å²) in [6, 6.07) is -0.617. The Kier molecular flexibility index (Phi) is 38.2. The molecule has 0 fully saturated rings. The normalized spacial score (nSPS) is 13.4. The van der Waals surface area contributed by atoms with Gasteiger partial charge in [0.2, 0.25) is 0 Å². The van der Waals surface area contributed by atoms with Gasteiger partial charge in [0.25, 0.3) is 0 Å². The number of hydrogen-bond donors (Lipinski definition) is 1. The molecule has 0 spiro atoms. The summed E-state index contributed by atoms with van der Waals surface area (Å²) in [5.41, 5.74) is 0. The van der Waals surface area contributed by atoms with Crippen molar-refractivity contribution in [2.75, 3.05) is 41.0 Å². The van der Waals surface area contributed by atoms with Gasteiger partial charge in [-0.1, -0.05) is 159 Å². The first-order valence-electron chi connectivity index (χ1n) is 23.2. The Morgan fingerprint density at radius 1 is 0.526 bits per heavy atom. The molecular weight excluding hydrogens is 715 g/mol. The molecule has 57 heavy (non-hydrogen) atoms. The molecule has 2 unspecified atom stereocenters. The molecule has 0 bridgehead atoms. The number of aliphatic carboxylic acids is 1. The second kappa shape index (κ2) is 40.1. The molecule has 0 radical (unpaired) electrons. The fourth-order valence-electron chi connectivity index (χ4n) is 6.70. The number of unbranched alkanes of at least 4 members (excludes halogenated alkanes) is 19. The van der Waals surface area contributed by atoms with Crippen molar-refractivity contribution in [3.8, 4) is 0 Å². The Labute approximate surface area is 350 Å². The number of carbonyl (C=O) groups is 3. The smallest absolute Gasteiger partial charge is 0.362 e. The van der Waals surface area contributed by atoms with Crippen LogP contribution in [0.25, 0.3) is 0 Å². The summed E-state index contributed by atoms with van der Waals surface area (Å²) in [5.74, 6) is -1.48. The average molecular weight is 803 g/mol. The number of quaternary nitrogens is 1. The van der Waals surface area contributed by atoms with E-state index in [0.29, 0.717) is 19.3 Å². The largest absolute Gasteiger partial charge is 0.477 e. The fourth-order valence-corrected chi connectivity index (χ4v) is 6.70. The highest BCUT2D eigenvalue weighted by Gasteiger charge is 2.31. The van der Waals surface area contributed by atoms with Gasteiger partial charge in [-0.05, 0) is 64.2 Å². The zero-order valence-electron chi connectivity index (χ0n) is 37.5. The number of nitrogens with zero attached hydrogens (tertiary/aromatic N) is 1. The lowest BCUT2D eigenvalue weighted by Gasteiger charge is -2.31. The van der Waals surface area contributed by atoms with Crippen LogP contribution in [0.5, 0.6) is 0 Å². The summed E-state index contributed by atoms with van der Waals surface area (Å²) in [5, 5.41) is 9.62. The molecule has 0 aliphatic heterocycles. The molecule has 0 aromatic heterocycles. The van der Waals surface area contributed by atoms with Crippen LogP contribution in [0.3, 0.4) is 0 Å². The van der Waals surface area contributed by atoms with Gasteiger partial charge in [0.1, 0.15) is 6.61 Å². The van der Waals surface area contributed by atoms with Gasteiger partial charge in [0.05, 0.1) is 34.4 Å². The first-order chi connectivity index (χ1) is 27.6. The average Bonchev–Trinajstić information content (AvgIpc) is 3.17. The molecule has 8 heteroatoms. The number of carboxylic acid groups (broad SMARTS) is 1. The Balaban J connectivity index is 4.22. The van der Waals surface area contributed by atoms with Crippen LogP contribution < -0.4 is 0 Å². The molecule has 1 N–H and O–H groups in total. The number of hydrogen-bond acceptors (Lipinski definition) is 6. The number of allylic oxidation sites excluding steroid dienone is 8. The van der Waals surface area contributed by atoms with E-state index >= 15 is 0 Å². The molecule has 330 valence electrons. The number of rotatable bonds is 41. The van der Waals surface area contributed by atoms with E-state index in [-0.39, 0.29) is 36.2 Å². The fraction of sp³-hybridized carbons (Fsp3) is 0.776. The van der Waals surface area contributed by atoms with Gasteiger partial charge in [-0.15, -0.1) is 0 Å². The molecule has 0 aromatic rings. The lowest BCUT2D eigenvalue weighted by Crippen LogP contribution is -2.50. The van der Waals surface area contributed by atoms with Gasteiger partial charge in [-0.25, -0.2) is 4.79 Å². The molecule has 0 saturated heterocycles. The van der Waals surface area contributed by atoms with Crippen LogP contribution >= 0.6 is 0 Å². The molecule has 0 aliphatic carbocycles. The molecule has 8 nitrogen and oxygen atoms in total. The highest BCUT2D eigenvalue weighted by molar-refractivity contribution is 5.72. The van der Waals surface area contributed by atoms with Gasteiger partial charge >= 0.3 is 17.9 Å². The third-order valence-electron chi connectivity index (χ3n) is 10.2. The van der Waals surface area contributed by atoms with Crippen molar-refractivity contribution in [1.82, 2.24) is 0 Å². The summed E-state index contributed by atoms with van der Waals surface area (Å²) in [6.07, 6.45) is 47.4. The number of likely N-dealkylation sites (N-methyl/N-ethyl adjacent to an activating group) is 1. The molecule has 0 rings (SSSR count).